The maximum absolute atomic E-state index is 12.9. The molecule has 3 aromatic carbocycles. The summed E-state index contributed by atoms with van der Waals surface area (Å²) >= 11 is 0. The van der Waals surface area contributed by atoms with E-state index in [9.17, 15) is 53.5 Å². The molecule has 16 heteroatoms. The molecule has 0 atom stereocenters. The van der Waals surface area contributed by atoms with Gasteiger partial charge in [0.25, 0.3) is 0 Å². The van der Waals surface area contributed by atoms with Crippen LogP contribution in [0.3, 0.4) is 0 Å². The second kappa shape index (κ2) is 10.9. The molecule has 3 aromatic rings. The molecular formula is C24H12F10O6. The van der Waals surface area contributed by atoms with Gasteiger partial charge in [-0.25, -0.2) is 9.59 Å². The largest absolute Gasteiger partial charge is 0.499 e. The number of carbonyl (C=O) groups excluding carboxylic acids is 2. The SMILES string of the molecule is O=C(Oc1ccc(OC(F)(F)C(F)(F)F)cc1)c1ccc(C(=O)Oc2ccc(OC(F)(F)C(F)(F)F)cc2)cc1. The predicted molar refractivity (Wildman–Crippen MR) is 113 cm³/mol. The van der Waals surface area contributed by atoms with Gasteiger partial charge in [-0.1, -0.05) is 0 Å². The molecule has 0 heterocycles. The number of hydrogen-bond donors (Lipinski definition) is 0. The standard InChI is InChI=1S/C24H12F10O6/c25-21(26,27)23(31,32)39-17-9-5-15(6-10-17)37-19(35)13-1-2-14(4-3-13)20(36)38-16-7-11-18(12-8-16)40-24(33,34)22(28,29)30/h1-12H. The molecule has 214 valence electrons. The summed E-state index contributed by atoms with van der Waals surface area (Å²) in [6, 6.07) is 10.9. The van der Waals surface area contributed by atoms with Gasteiger partial charge in [0.05, 0.1) is 11.1 Å². The number of rotatable bonds is 8. The van der Waals surface area contributed by atoms with Crippen molar-refractivity contribution >= 4 is 11.9 Å². The molecule has 0 aliphatic heterocycles. The van der Waals surface area contributed by atoms with E-state index in [4.69, 9.17) is 9.47 Å². The second-order valence-electron chi connectivity index (χ2n) is 7.53. The lowest BCUT2D eigenvalue weighted by atomic mass is 10.1. The van der Waals surface area contributed by atoms with Crippen LogP contribution < -0.4 is 18.9 Å². The van der Waals surface area contributed by atoms with Gasteiger partial charge in [0, 0.05) is 0 Å². The van der Waals surface area contributed by atoms with Gasteiger partial charge in [0.1, 0.15) is 23.0 Å². The maximum Gasteiger partial charge on any atom is 0.499 e. The lowest BCUT2D eigenvalue weighted by Crippen LogP contribution is -2.41. The molecule has 0 fully saturated rings. The van der Waals surface area contributed by atoms with E-state index in [2.05, 4.69) is 9.47 Å². The highest BCUT2D eigenvalue weighted by molar-refractivity contribution is 5.94. The summed E-state index contributed by atoms with van der Waals surface area (Å²) in [4.78, 5) is 24.5. The number of ether oxygens (including phenoxy) is 4. The Hall–Kier alpha value is -4.50. The zero-order valence-corrected chi connectivity index (χ0v) is 19.2. The van der Waals surface area contributed by atoms with Crippen molar-refractivity contribution in [3.63, 3.8) is 0 Å². The first-order valence-corrected chi connectivity index (χ1v) is 10.4. The van der Waals surface area contributed by atoms with Crippen molar-refractivity contribution in [3.05, 3.63) is 83.9 Å². The first-order chi connectivity index (χ1) is 18.4. The fourth-order valence-electron chi connectivity index (χ4n) is 2.64. The van der Waals surface area contributed by atoms with Crippen LogP contribution in [-0.4, -0.2) is 36.5 Å². The van der Waals surface area contributed by atoms with Crippen LogP contribution in [0.2, 0.25) is 0 Å². The van der Waals surface area contributed by atoms with E-state index in [1.165, 1.54) is 0 Å². The van der Waals surface area contributed by atoms with Crippen LogP contribution in [0.15, 0.2) is 72.8 Å². The van der Waals surface area contributed by atoms with Gasteiger partial charge in [0.2, 0.25) is 0 Å². The Morgan fingerprint density at radius 1 is 0.425 bits per heavy atom. The molecule has 0 saturated carbocycles. The molecular weight excluding hydrogens is 574 g/mol. The number of hydrogen-bond acceptors (Lipinski definition) is 6. The highest BCUT2D eigenvalue weighted by Gasteiger charge is 2.62. The molecule has 0 spiro atoms. The van der Waals surface area contributed by atoms with Crippen molar-refractivity contribution in [2.75, 3.05) is 0 Å². The second-order valence-corrected chi connectivity index (χ2v) is 7.53. The smallest absolute Gasteiger partial charge is 0.426 e. The molecule has 0 aliphatic carbocycles. The van der Waals surface area contributed by atoms with Crippen LogP contribution in [0.25, 0.3) is 0 Å². The summed E-state index contributed by atoms with van der Waals surface area (Å²) in [6.45, 7) is 0. The van der Waals surface area contributed by atoms with Gasteiger partial charge in [0.15, 0.2) is 0 Å². The average Bonchev–Trinajstić information content (AvgIpc) is 2.85. The van der Waals surface area contributed by atoms with Crippen molar-refractivity contribution in [1.82, 2.24) is 0 Å². The quantitative estimate of drug-likeness (QED) is 0.158. The molecule has 0 radical (unpaired) electrons. The van der Waals surface area contributed by atoms with Crippen LogP contribution >= 0.6 is 0 Å². The molecule has 40 heavy (non-hydrogen) atoms. The van der Waals surface area contributed by atoms with Crippen LogP contribution in [0.5, 0.6) is 23.0 Å². The first-order valence-electron chi connectivity index (χ1n) is 10.4. The molecule has 0 bridgehead atoms. The predicted octanol–water partition coefficient (Wildman–Crippen LogP) is 7.19. The summed E-state index contributed by atoms with van der Waals surface area (Å²) in [5.74, 6) is -4.19. The van der Waals surface area contributed by atoms with Gasteiger partial charge < -0.3 is 18.9 Å². The highest BCUT2D eigenvalue weighted by Crippen LogP contribution is 2.38. The molecule has 0 amide bonds. The maximum atomic E-state index is 12.9. The van der Waals surface area contributed by atoms with Gasteiger partial charge in [-0.2, -0.15) is 43.9 Å². The summed E-state index contributed by atoms with van der Waals surface area (Å²) in [7, 11) is 0. The van der Waals surface area contributed by atoms with Gasteiger partial charge in [-0.15, -0.1) is 0 Å². The summed E-state index contributed by atoms with van der Waals surface area (Å²) in [6.07, 6.45) is -22.8. The van der Waals surface area contributed by atoms with Crippen LogP contribution in [0, 0.1) is 0 Å². The Kier molecular flexibility index (Phi) is 8.22. The molecule has 0 aliphatic rings. The zero-order valence-electron chi connectivity index (χ0n) is 19.2. The Morgan fingerprint density at radius 2 is 0.675 bits per heavy atom. The van der Waals surface area contributed by atoms with E-state index in [-0.39, 0.29) is 22.6 Å². The van der Waals surface area contributed by atoms with E-state index < -0.39 is 48.0 Å². The van der Waals surface area contributed by atoms with Crippen molar-refractivity contribution in [3.8, 4) is 23.0 Å². The van der Waals surface area contributed by atoms with Crippen LogP contribution in [-0.2, 0) is 0 Å². The summed E-state index contributed by atoms with van der Waals surface area (Å²) < 4.78 is 142. The first kappa shape index (κ1) is 30.0. The van der Waals surface area contributed by atoms with Crippen molar-refractivity contribution < 1.29 is 72.4 Å². The minimum absolute atomic E-state index is 0.118. The van der Waals surface area contributed by atoms with E-state index >= 15 is 0 Å². The zero-order chi connectivity index (χ0) is 29.9. The fourth-order valence-corrected chi connectivity index (χ4v) is 2.64. The molecule has 0 N–H and O–H groups in total. The molecule has 0 saturated heterocycles. The molecule has 0 unspecified atom stereocenters. The summed E-state index contributed by atoms with van der Waals surface area (Å²) in [5, 5.41) is 0. The van der Waals surface area contributed by atoms with Crippen LogP contribution in [0.1, 0.15) is 20.7 Å². The lowest BCUT2D eigenvalue weighted by Gasteiger charge is -2.20. The van der Waals surface area contributed by atoms with E-state index in [0.29, 0.717) is 24.3 Å². The third-order valence-corrected chi connectivity index (χ3v) is 4.58. The highest BCUT2D eigenvalue weighted by atomic mass is 19.4. The topological polar surface area (TPSA) is 71.1 Å². The Morgan fingerprint density at radius 3 is 0.925 bits per heavy atom. The average molecular weight is 586 g/mol. The Bertz CT molecular complexity index is 1230. The minimum atomic E-state index is -5.95. The molecule has 0 aromatic heterocycles. The van der Waals surface area contributed by atoms with Gasteiger partial charge in [-0.05, 0) is 72.8 Å². The third kappa shape index (κ3) is 7.33. The fraction of sp³-hybridized carbons (Fsp3) is 0.167. The normalized spacial score (nSPS) is 12.4. The lowest BCUT2D eigenvalue weighted by molar-refractivity contribution is -0.360. The number of benzene rings is 3. The Balaban J connectivity index is 1.57. The Labute approximate surface area is 216 Å². The number of carbonyl (C=O) groups is 2. The number of alkyl halides is 10. The van der Waals surface area contributed by atoms with Gasteiger partial charge in [-0.3, -0.25) is 0 Å². The third-order valence-electron chi connectivity index (χ3n) is 4.58. The number of esters is 2. The monoisotopic (exact) mass is 586 g/mol. The van der Waals surface area contributed by atoms with Crippen molar-refractivity contribution in [1.29, 1.82) is 0 Å². The van der Waals surface area contributed by atoms with E-state index in [0.717, 1.165) is 48.5 Å². The van der Waals surface area contributed by atoms with E-state index in [1.807, 2.05) is 0 Å². The summed E-state index contributed by atoms with van der Waals surface area (Å²) in [5.41, 5.74) is -0.236. The molecule has 3 rings (SSSR count). The van der Waals surface area contributed by atoms with Crippen molar-refractivity contribution in [2.45, 2.75) is 24.6 Å². The van der Waals surface area contributed by atoms with Crippen LogP contribution in [0.4, 0.5) is 43.9 Å². The van der Waals surface area contributed by atoms with Crippen molar-refractivity contribution in [2.24, 2.45) is 0 Å². The molecule has 6 nitrogen and oxygen atoms in total. The van der Waals surface area contributed by atoms with Gasteiger partial charge >= 0.3 is 36.5 Å². The van der Waals surface area contributed by atoms with E-state index in [1.54, 1.807) is 0 Å². The number of halogens is 10. The minimum Gasteiger partial charge on any atom is -0.426 e.